The zero-order valence-corrected chi connectivity index (χ0v) is 14.9. The monoisotopic (exact) mass is 329 g/mol. The molecule has 0 radical (unpaired) electrons. The van der Waals surface area contributed by atoms with Crippen molar-refractivity contribution in [2.45, 2.75) is 26.2 Å². The average molecular weight is 329 g/mol. The van der Waals surface area contributed by atoms with Crippen LogP contribution in [0.25, 0.3) is 0 Å². The lowest BCUT2D eigenvalue weighted by Gasteiger charge is -2.19. The fourth-order valence-corrected chi connectivity index (χ4v) is 2.57. The Morgan fingerprint density at radius 2 is 1.40 bits per heavy atom. The van der Waals surface area contributed by atoms with Gasteiger partial charge in [0.2, 0.25) is 0 Å². The largest absolute Gasteiger partial charge is 0.278 e. The standard InChI is InChI=1S/C22H23N3/c1-22(2,3)19-9-11-20(12-10-19)24-25-21(17-7-5-4-6-8-17)18-13-15-23-16-14-18/h4-16,24H,1-3H3. The van der Waals surface area contributed by atoms with Crippen LogP contribution in [0.3, 0.4) is 0 Å². The molecule has 0 aliphatic carbocycles. The first-order chi connectivity index (χ1) is 12.0. The Hall–Kier alpha value is -2.94. The summed E-state index contributed by atoms with van der Waals surface area (Å²) in [5.74, 6) is 0. The van der Waals surface area contributed by atoms with Crippen molar-refractivity contribution in [3.8, 4) is 0 Å². The van der Waals surface area contributed by atoms with Crippen molar-refractivity contribution in [2.24, 2.45) is 5.10 Å². The second kappa shape index (κ2) is 7.31. The molecule has 0 aliphatic heterocycles. The molecule has 1 N–H and O–H groups in total. The van der Waals surface area contributed by atoms with E-state index in [1.54, 1.807) is 12.4 Å². The molecule has 3 heteroatoms. The summed E-state index contributed by atoms with van der Waals surface area (Å²) in [5, 5.41) is 4.67. The molecule has 2 aromatic carbocycles. The summed E-state index contributed by atoms with van der Waals surface area (Å²) < 4.78 is 0. The molecule has 3 rings (SSSR count). The lowest BCUT2D eigenvalue weighted by Crippen LogP contribution is -2.10. The van der Waals surface area contributed by atoms with E-state index in [0.717, 1.165) is 22.5 Å². The van der Waals surface area contributed by atoms with Crippen molar-refractivity contribution >= 4 is 11.4 Å². The van der Waals surface area contributed by atoms with Crippen LogP contribution in [0.15, 0.2) is 84.2 Å². The van der Waals surface area contributed by atoms with Crippen LogP contribution in [-0.4, -0.2) is 10.7 Å². The number of benzene rings is 2. The molecule has 0 fully saturated rings. The number of pyridine rings is 1. The highest BCUT2D eigenvalue weighted by Crippen LogP contribution is 2.23. The Kier molecular flexibility index (Phi) is 4.94. The molecule has 0 bridgehead atoms. The summed E-state index contributed by atoms with van der Waals surface area (Å²) in [4.78, 5) is 4.10. The quantitative estimate of drug-likeness (QED) is 0.525. The number of rotatable bonds is 4. The van der Waals surface area contributed by atoms with Gasteiger partial charge in [-0.1, -0.05) is 63.2 Å². The Balaban J connectivity index is 1.89. The lowest BCUT2D eigenvalue weighted by atomic mass is 9.87. The Bertz CT molecular complexity index is 788. The second-order valence-corrected chi connectivity index (χ2v) is 7.00. The van der Waals surface area contributed by atoms with E-state index in [2.05, 4.69) is 72.7 Å². The molecule has 25 heavy (non-hydrogen) atoms. The van der Waals surface area contributed by atoms with Crippen LogP contribution in [0.2, 0.25) is 0 Å². The summed E-state index contributed by atoms with van der Waals surface area (Å²) in [5.41, 5.74) is 8.59. The maximum Gasteiger partial charge on any atom is 0.0979 e. The molecule has 126 valence electrons. The smallest absolute Gasteiger partial charge is 0.0979 e. The molecule has 0 atom stereocenters. The van der Waals surface area contributed by atoms with Crippen molar-refractivity contribution in [1.29, 1.82) is 0 Å². The zero-order valence-electron chi connectivity index (χ0n) is 14.9. The van der Waals surface area contributed by atoms with Gasteiger partial charge in [0.1, 0.15) is 0 Å². The number of anilines is 1. The van der Waals surface area contributed by atoms with Crippen molar-refractivity contribution in [2.75, 3.05) is 5.43 Å². The Morgan fingerprint density at radius 1 is 0.800 bits per heavy atom. The van der Waals surface area contributed by atoms with Gasteiger partial charge in [-0.3, -0.25) is 10.4 Å². The molecule has 0 unspecified atom stereocenters. The topological polar surface area (TPSA) is 37.3 Å². The van der Waals surface area contributed by atoms with Crippen LogP contribution >= 0.6 is 0 Å². The lowest BCUT2D eigenvalue weighted by molar-refractivity contribution is 0.590. The first kappa shape index (κ1) is 16.9. The third-order valence-electron chi connectivity index (χ3n) is 4.05. The molecular formula is C22H23N3. The van der Waals surface area contributed by atoms with Crippen molar-refractivity contribution in [3.05, 3.63) is 95.8 Å². The summed E-state index contributed by atoms with van der Waals surface area (Å²) in [6, 6.07) is 22.5. The molecule has 0 aliphatic rings. The first-order valence-corrected chi connectivity index (χ1v) is 8.44. The van der Waals surface area contributed by atoms with E-state index in [9.17, 15) is 0 Å². The van der Waals surface area contributed by atoms with Gasteiger partial charge in [-0.05, 0) is 35.2 Å². The van der Waals surface area contributed by atoms with E-state index < -0.39 is 0 Å². The minimum atomic E-state index is 0.147. The number of hydrazone groups is 1. The second-order valence-electron chi connectivity index (χ2n) is 7.00. The molecule has 0 saturated heterocycles. The fourth-order valence-electron chi connectivity index (χ4n) is 2.57. The van der Waals surface area contributed by atoms with E-state index in [1.807, 2.05) is 30.3 Å². The van der Waals surface area contributed by atoms with Crippen LogP contribution in [0, 0.1) is 0 Å². The molecule has 3 nitrogen and oxygen atoms in total. The van der Waals surface area contributed by atoms with Gasteiger partial charge in [0.05, 0.1) is 11.4 Å². The fraction of sp³-hybridized carbons (Fsp3) is 0.182. The highest BCUT2D eigenvalue weighted by molar-refractivity contribution is 6.13. The van der Waals surface area contributed by atoms with Crippen molar-refractivity contribution in [1.82, 2.24) is 4.98 Å². The zero-order chi connectivity index (χ0) is 17.7. The number of nitrogens with one attached hydrogen (secondary N) is 1. The van der Waals surface area contributed by atoms with Crippen LogP contribution in [0.5, 0.6) is 0 Å². The number of hydrogen-bond donors (Lipinski definition) is 1. The molecular weight excluding hydrogens is 306 g/mol. The van der Waals surface area contributed by atoms with Gasteiger partial charge in [0.25, 0.3) is 0 Å². The van der Waals surface area contributed by atoms with Crippen LogP contribution in [0.1, 0.15) is 37.5 Å². The maximum atomic E-state index is 4.67. The summed E-state index contributed by atoms with van der Waals surface area (Å²) in [6.07, 6.45) is 3.57. The van der Waals surface area contributed by atoms with E-state index >= 15 is 0 Å². The molecule has 1 aromatic heterocycles. The van der Waals surface area contributed by atoms with Crippen LogP contribution < -0.4 is 5.43 Å². The van der Waals surface area contributed by atoms with E-state index in [1.165, 1.54) is 5.56 Å². The average Bonchev–Trinajstić information content (AvgIpc) is 2.63. The first-order valence-electron chi connectivity index (χ1n) is 8.44. The van der Waals surface area contributed by atoms with Gasteiger partial charge in [0.15, 0.2) is 0 Å². The summed E-state index contributed by atoms with van der Waals surface area (Å²) in [7, 11) is 0. The van der Waals surface area contributed by atoms with Gasteiger partial charge >= 0.3 is 0 Å². The maximum absolute atomic E-state index is 4.67. The molecule has 1 heterocycles. The van der Waals surface area contributed by atoms with E-state index in [0.29, 0.717) is 0 Å². The molecule has 0 saturated carbocycles. The highest BCUT2D eigenvalue weighted by atomic mass is 15.3. The normalized spacial score (nSPS) is 12.0. The molecule has 3 aromatic rings. The summed E-state index contributed by atoms with van der Waals surface area (Å²) in [6.45, 7) is 6.64. The van der Waals surface area contributed by atoms with Gasteiger partial charge in [-0.25, -0.2) is 0 Å². The van der Waals surface area contributed by atoms with Crippen molar-refractivity contribution < 1.29 is 0 Å². The minimum absolute atomic E-state index is 0.147. The number of nitrogens with zero attached hydrogens (tertiary/aromatic N) is 2. The highest BCUT2D eigenvalue weighted by Gasteiger charge is 2.13. The third kappa shape index (κ3) is 4.32. The Morgan fingerprint density at radius 3 is 2.00 bits per heavy atom. The number of hydrogen-bond acceptors (Lipinski definition) is 3. The van der Waals surface area contributed by atoms with Gasteiger partial charge in [0, 0.05) is 23.5 Å². The van der Waals surface area contributed by atoms with E-state index in [4.69, 9.17) is 0 Å². The number of aromatic nitrogens is 1. The molecule has 0 amide bonds. The van der Waals surface area contributed by atoms with Crippen LogP contribution in [-0.2, 0) is 5.41 Å². The van der Waals surface area contributed by atoms with Gasteiger partial charge in [-0.15, -0.1) is 0 Å². The van der Waals surface area contributed by atoms with Crippen LogP contribution in [0.4, 0.5) is 5.69 Å². The molecule has 0 spiro atoms. The van der Waals surface area contributed by atoms with Crippen molar-refractivity contribution in [3.63, 3.8) is 0 Å². The minimum Gasteiger partial charge on any atom is -0.278 e. The van der Waals surface area contributed by atoms with E-state index in [-0.39, 0.29) is 5.41 Å². The third-order valence-corrected chi connectivity index (χ3v) is 4.05. The predicted octanol–water partition coefficient (Wildman–Crippen LogP) is 5.24. The van der Waals surface area contributed by atoms with Gasteiger partial charge < -0.3 is 0 Å². The van der Waals surface area contributed by atoms with Gasteiger partial charge in [-0.2, -0.15) is 5.10 Å². The predicted molar refractivity (Wildman–Crippen MR) is 105 cm³/mol. The Labute approximate surface area is 149 Å². The SMILES string of the molecule is CC(C)(C)c1ccc(NN=C(c2ccccc2)c2ccncc2)cc1. The summed E-state index contributed by atoms with van der Waals surface area (Å²) >= 11 is 0.